The van der Waals surface area contributed by atoms with Gasteiger partial charge in [-0.1, -0.05) is 13.3 Å². The Kier molecular flexibility index (Phi) is 5.60. The Balaban J connectivity index is 2.51. The van der Waals surface area contributed by atoms with E-state index in [0.29, 0.717) is 5.82 Å². The van der Waals surface area contributed by atoms with Crippen molar-refractivity contribution >= 4 is 11.8 Å². The summed E-state index contributed by atoms with van der Waals surface area (Å²) in [5.74, 6) is 2.89. The Morgan fingerprint density at radius 3 is 2.69 bits per heavy atom. The van der Waals surface area contributed by atoms with Crippen LogP contribution >= 0.6 is 11.8 Å². The molecule has 0 unspecified atom stereocenters. The van der Waals surface area contributed by atoms with Crippen LogP contribution in [0, 0.1) is 13.8 Å². The summed E-state index contributed by atoms with van der Waals surface area (Å²) in [7, 11) is 0. The molecule has 90 valence electrons. The van der Waals surface area contributed by atoms with E-state index in [2.05, 4.69) is 16.9 Å². The van der Waals surface area contributed by atoms with Crippen molar-refractivity contribution in [2.45, 2.75) is 40.0 Å². The maximum Gasteiger partial charge on any atom is 0.254 e. The number of aryl methyl sites for hydroxylation is 2. The zero-order valence-corrected chi connectivity index (χ0v) is 11.1. The molecule has 0 spiro atoms. The molecule has 0 aliphatic heterocycles. The van der Waals surface area contributed by atoms with Gasteiger partial charge in [0.05, 0.1) is 0 Å². The fraction of sp³-hybridized carbons (Fsp3) is 0.667. The van der Waals surface area contributed by atoms with Gasteiger partial charge in [0.25, 0.3) is 5.56 Å². The molecule has 1 aromatic heterocycles. The van der Waals surface area contributed by atoms with E-state index in [1.807, 2.05) is 25.6 Å². The zero-order valence-electron chi connectivity index (χ0n) is 10.3. The monoisotopic (exact) mass is 240 g/mol. The number of aromatic nitrogens is 2. The minimum atomic E-state index is 0.0288. The molecule has 0 saturated carbocycles. The van der Waals surface area contributed by atoms with Crippen LogP contribution in [0.1, 0.15) is 36.8 Å². The van der Waals surface area contributed by atoms with E-state index in [-0.39, 0.29) is 5.56 Å². The summed E-state index contributed by atoms with van der Waals surface area (Å²) in [5.41, 5.74) is 1.74. The molecule has 0 saturated heterocycles. The summed E-state index contributed by atoms with van der Waals surface area (Å²) in [4.78, 5) is 18.7. The first-order valence-electron chi connectivity index (χ1n) is 5.79. The maximum atomic E-state index is 11.7. The molecule has 0 aromatic carbocycles. The van der Waals surface area contributed by atoms with Gasteiger partial charge >= 0.3 is 0 Å². The van der Waals surface area contributed by atoms with Crippen LogP contribution < -0.4 is 5.56 Å². The lowest BCUT2D eigenvalue weighted by molar-refractivity contribution is 0.892. The predicted octanol–water partition coefficient (Wildman–Crippen LogP) is 2.46. The zero-order chi connectivity index (χ0) is 12.0. The lowest BCUT2D eigenvalue weighted by Gasteiger charge is -2.04. The summed E-state index contributed by atoms with van der Waals surface area (Å²) in [6.45, 7) is 5.92. The third-order valence-electron chi connectivity index (χ3n) is 2.48. The molecular weight excluding hydrogens is 220 g/mol. The second-order valence-electron chi connectivity index (χ2n) is 3.93. The van der Waals surface area contributed by atoms with Crippen LogP contribution in [-0.4, -0.2) is 21.5 Å². The number of H-pyrrole nitrogens is 1. The number of nitrogens with zero attached hydrogens (tertiary/aromatic N) is 1. The van der Waals surface area contributed by atoms with E-state index in [4.69, 9.17) is 0 Å². The number of hydrogen-bond acceptors (Lipinski definition) is 3. The normalized spacial score (nSPS) is 10.7. The molecule has 1 heterocycles. The van der Waals surface area contributed by atoms with Crippen molar-refractivity contribution in [2.75, 3.05) is 11.5 Å². The lowest BCUT2D eigenvalue weighted by atomic mass is 10.2. The van der Waals surface area contributed by atoms with E-state index in [1.165, 1.54) is 18.6 Å². The van der Waals surface area contributed by atoms with E-state index in [9.17, 15) is 4.79 Å². The molecule has 1 rings (SSSR count). The van der Waals surface area contributed by atoms with Gasteiger partial charge in [-0.15, -0.1) is 0 Å². The van der Waals surface area contributed by atoms with Gasteiger partial charge in [0.2, 0.25) is 0 Å². The van der Waals surface area contributed by atoms with Crippen LogP contribution in [0.5, 0.6) is 0 Å². The highest BCUT2D eigenvalue weighted by molar-refractivity contribution is 7.99. The highest BCUT2D eigenvalue weighted by Crippen LogP contribution is 2.08. The van der Waals surface area contributed by atoms with Crippen LogP contribution in [0.25, 0.3) is 0 Å². The first kappa shape index (κ1) is 13.3. The molecule has 1 N–H and O–H groups in total. The molecule has 0 bridgehead atoms. The van der Waals surface area contributed by atoms with Crippen molar-refractivity contribution in [1.82, 2.24) is 9.97 Å². The third-order valence-corrected chi connectivity index (χ3v) is 3.55. The Morgan fingerprint density at radius 2 is 2.06 bits per heavy atom. The highest BCUT2D eigenvalue weighted by atomic mass is 32.2. The van der Waals surface area contributed by atoms with E-state index < -0.39 is 0 Å². The average molecular weight is 240 g/mol. The van der Waals surface area contributed by atoms with Gasteiger partial charge in [0, 0.05) is 11.3 Å². The molecule has 16 heavy (non-hydrogen) atoms. The van der Waals surface area contributed by atoms with Crippen LogP contribution in [0.3, 0.4) is 0 Å². The molecule has 3 nitrogen and oxygen atoms in total. The van der Waals surface area contributed by atoms with Crippen molar-refractivity contribution < 1.29 is 0 Å². The first-order chi connectivity index (χ1) is 7.65. The lowest BCUT2D eigenvalue weighted by Crippen LogP contribution is -2.18. The SMILES string of the molecule is CCCCSCCc1c(C)nc(C)[nH]c1=O. The van der Waals surface area contributed by atoms with Gasteiger partial charge in [-0.2, -0.15) is 11.8 Å². The summed E-state index contributed by atoms with van der Waals surface area (Å²) < 4.78 is 0. The van der Waals surface area contributed by atoms with Crippen molar-refractivity contribution in [3.63, 3.8) is 0 Å². The van der Waals surface area contributed by atoms with Gasteiger partial charge in [-0.3, -0.25) is 4.79 Å². The predicted molar refractivity (Wildman–Crippen MR) is 70.3 cm³/mol. The summed E-state index contributed by atoms with van der Waals surface area (Å²) in [5, 5.41) is 0. The summed E-state index contributed by atoms with van der Waals surface area (Å²) in [6.07, 6.45) is 3.31. The van der Waals surface area contributed by atoms with E-state index in [0.717, 1.165) is 23.4 Å². The van der Waals surface area contributed by atoms with Gasteiger partial charge in [0.1, 0.15) is 5.82 Å². The molecule has 0 radical (unpaired) electrons. The van der Waals surface area contributed by atoms with Crippen molar-refractivity contribution in [3.8, 4) is 0 Å². The minimum absolute atomic E-state index is 0.0288. The number of hydrogen-bond donors (Lipinski definition) is 1. The fourth-order valence-electron chi connectivity index (χ4n) is 1.57. The average Bonchev–Trinajstić information content (AvgIpc) is 2.20. The molecule has 0 aliphatic carbocycles. The summed E-state index contributed by atoms with van der Waals surface area (Å²) in [6, 6.07) is 0. The minimum Gasteiger partial charge on any atom is -0.311 e. The molecular formula is C12H20N2OS. The number of nitrogens with one attached hydrogen (secondary N) is 1. The number of aromatic amines is 1. The topological polar surface area (TPSA) is 45.8 Å². The van der Waals surface area contributed by atoms with Crippen LogP contribution in [-0.2, 0) is 6.42 Å². The van der Waals surface area contributed by atoms with Crippen molar-refractivity contribution in [3.05, 3.63) is 27.4 Å². The summed E-state index contributed by atoms with van der Waals surface area (Å²) >= 11 is 1.91. The second kappa shape index (κ2) is 6.74. The Labute approximate surface area is 101 Å². The third kappa shape index (κ3) is 4.00. The molecule has 4 heteroatoms. The molecule has 0 fully saturated rings. The van der Waals surface area contributed by atoms with Crippen LogP contribution in [0.15, 0.2) is 4.79 Å². The molecule has 0 amide bonds. The second-order valence-corrected chi connectivity index (χ2v) is 5.16. The Morgan fingerprint density at radius 1 is 1.31 bits per heavy atom. The van der Waals surface area contributed by atoms with Gasteiger partial charge in [0.15, 0.2) is 0 Å². The number of thioether (sulfide) groups is 1. The molecule has 1 aromatic rings. The van der Waals surface area contributed by atoms with Crippen molar-refractivity contribution in [2.24, 2.45) is 0 Å². The standard InChI is InChI=1S/C12H20N2OS/c1-4-5-7-16-8-6-11-9(2)13-10(3)14-12(11)15/h4-8H2,1-3H3,(H,13,14,15). The van der Waals surface area contributed by atoms with E-state index in [1.54, 1.807) is 0 Å². The Bertz CT molecular complexity index is 387. The van der Waals surface area contributed by atoms with Crippen LogP contribution in [0.2, 0.25) is 0 Å². The molecule has 0 aliphatic rings. The van der Waals surface area contributed by atoms with Gasteiger partial charge in [-0.05, 0) is 38.2 Å². The quantitative estimate of drug-likeness (QED) is 0.777. The first-order valence-corrected chi connectivity index (χ1v) is 6.94. The maximum absolute atomic E-state index is 11.7. The fourth-order valence-corrected chi connectivity index (χ4v) is 2.61. The van der Waals surface area contributed by atoms with Crippen molar-refractivity contribution in [1.29, 1.82) is 0 Å². The number of unbranched alkanes of at least 4 members (excludes halogenated alkanes) is 1. The van der Waals surface area contributed by atoms with Gasteiger partial charge in [-0.25, -0.2) is 4.98 Å². The van der Waals surface area contributed by atoms with Crippen LogP contribution in [0.4, 0.5) is 0 Å². The Hall–Kier alpha value is -0.770. The smallest absolute Gasteiger partial charge is 0.254 e. The largest absolute Gasteiger partial charge is 0.311 e. The number of rotatable bonds is 6. The van der Waals surface area contributed by atoms with Gasteiger partial charge < -0.3 is 4.98 Å². The molecule has 0 atom stereocenters. The van der Waals surface area contributed by atoms with E-state index >= 15 is 0 Å². The highest BCUT2D eigenvalue weighted by Gasteiger charge is 2.05.